The predicted octanol–water partition coefficient (Wildman–Crippen LogP) is 3.04. The summed E-state index contributed by atoms with van der Waals surface area (Å²) in [6.45, 7) is -1.96. The summed E-state index contributed by atoms with van der Waals surface area (Å²) >= 11 is 0. The Morgan fingerprint density at radius 2 is 1.12 bits per heavy atom. The summed E-state index contributed by atoms with van der Waals surface area (Å²) in [5.74, 6) is 0. The van der Waals surface area contributed by atoms with Gasteiger partial charge in [-0.3, -0.25) is 0 Å². The molecule has 0 saturated carbocycles. The minimum absolute atomic E-state index is 0.978. The number of halogens is 6. The highest BCUT2D eigenvalue weighted by atomic mass is 19.4. The van der Waals surface area contributed by atoms with E-state index in [1.54, 1.807) is 0 Å². The third-order valence-electron chi connectivity index (χ3n) is 1.21. The maximum absolute atomic E-state index is 11.5. The third-order valence-corrected chi connectivity index (χ3v) is 1.21. The molecule has 96 valence electrons. The molecule has 0 aromatic carbocycles. The molecule has 0 aromatic heterocycles. The van der Waals surface area contributed by atoms with Crippen LogP contribution in [0.5, 0.6) is 0 Å². The monoisotopic (exact) mass is 254 g/mol. The van der Waals surface area contributed by atoms with Crippen LogP contribution in [0.25, 0.3) is 0 Å². The van der Waals surface area contributed by atoms with E-state index in [-0.39, 0.29) is 0 Å². The van der Waals surface area contributed by atoms with Crippen molar-refractivity contribution >= 4 is 6.16 Å². The van der Waals surface area contributed by atoms with Crippen LogP contribution in [0.2, 0.25) is 0 Å². The van der Waals surface area contributed by atoms with Crippen molar-refractivity contribution in [3.63, 3.8) is 0 Å². The van der Waals surface area contributed by atoms with Crippen molar-refractivity contribution in [3.05, 3.63) is 0 Å². The van der Waals surface area contributed by atoms with Crippen molar-refractivity contribution in [2.45, 2.75) is 25.2 Å². The van der Waals surface area contributed by atoms with Crippen LogP contribution in [0, 0.1) is 0 Å². The summed E-state index contributed by atoms with van der Waals surface area (Å²) in [4.78, 5) is 10.4. The maximum Gasteiger partial charge on any atom is 0.508 e. The van der Waals surface area contributed by atoms with Crippen molar-refractivity contribution in [1.82, 2.24) is 0 Å². The Bertz CT molecular complexity index is 199. The highest BCUT2D eigenvalue weighted by Crippen LogP contribution is 2.20. The van der Waals surface area contributed by atoms with Gasteiger partial charge in [-0.15, -0.1) is 0 Å². The average molecular weight is 254 g/mol. The zero-order valence-corrected chi connectivity index (χ0v) is 7.82. The van der Waals surface area contributed by atoms with Crippen molar-refractivity contribution < 1.29 is 40.6 Å². The van der Waals surface area contributed by atoms with Gasteiger partial charge in [-0.1, -0.05) is 0 Å². The molecule has 0 atom stereocenters. The second kappa shape index (κ2) is 5.80. The summed E-state index contributed by atoms with van der Waals surface area (Å²) in [5.41, 5.74) is 0. The Morgan fingerprint density at radius 1 is 0.812 bits per heavy atom. The molecule has 0 radical (unpaired) electrons. The molecule has 0 rings (SSSR count). The van der Waals surface area contributed by atoms with Gasteiger partial charge >= 0.3 is 18.5 Å². The molecular weight excluding hydrogens is 246 g/mol. The van der Waals surface area contributed by atoms with E-state index in [0.29, 0.717) is 0 Å². The molecule has 0 heterocycles. The van der Waals surface area contributed by atoms with E-state index in [1.807, 2.05) is 0 Å². The van der Waals surface area contributed by atoms with Gasteiger partial charge in [0.05, 0.1) is 12.8 Å². The van der Waals surface area contributed by atoms with E-state index in [0.717, 1.165) is 0 Å². The molecule has 0 fully saturated rings. The fourth-order valence-electron chi connectivity index (χ4n) is 0.542. The first-order valence-corrected chi connectivity index (χ1v) is 4.03. The first-order valence-electron chi connectivity index (χ1n) is 4.03. The molecule has 0 spiro atoms. The Labute approximate surface area is 86.3 Å². The summed E-state index contributed by atoms with van der Waals surface area (Å²) in [5, 5.41) is 0. The number of hydrogen-bond acceptors (Lipinski definition) is 3. The summed E-state index contributed by atoms with van der Waals surface area (Å²) in [7, 11) is 0. The number of hydrogen-bond donors (Lipinski definition) is 0. The van der Waals surface area contributed by atoms with E-state index in [9.17, 15) is 31.1 Å². The molecular formula is C7H8F6O3. The van der Waals surface area contributed by atoms with Gasteiger partial charge in [0.25, 0.3) is 0 Å². The fourth-order valence-corrected chi connectivity index (χ4v) is 0.542. The number of carbonyl (C=O) groups excluding carboxylic acids is 1. The van der Waals surface area contributed by atoms with Crippen LogP contribution in [0.4, 0.5) is 31.1 Å². The number of carbonyl (C=O) groups is 1. The van der Waals surface area contributed by atoms with Crippen LogP contribution < -0.4 is 0 Å². The minimum Gasteiger partial charge on any atom is -0.434 e. The fraction of sp³-hybridized carbons (Fsp3) is 0.857. The van der Waals surface area contributed by atoms with E-state index in [2.05, 4.69) is 9.47 Å². The quantitative estimate of drug-likeness (QED) is 0.571. The van der Waals surface area contributed by atoms with Gasteiger partial charge in [0, 0.05) is 0 Å². The summed E-state index contributed by atoms with van der Waals surface area (Å²) in [6, 6.07) is 0. The average Bonchev–Trinajstić information content (AvgIpc) is 1.98. The molecule has 0 amide bonds. The molecule has 3 nitrogen and oxygen atoms in total. The Hall–Kier alpha value is -1.15. The van der Waals surface area contributed by atoms with E-state index >= 15 is 0 Å². The van der Waals surface area contributed by atoms with Gasteiger partial charge in [0.15, 0.2) is 0 Å². The highest BCUT2D eigenvalue weighted by molar-refractivity contribution is 5.59. The molecule has 0 aliphatic carbocycles. The van der Waals surface area contributed by atoms with Crippen molar-refractivity contribution in [1.29, 1.82) is 0 Å². The predicted molar refractivity (Wildman–Crippen MR) is 38.6 cm³/mol. The molecule has 9 heteroatoms. The first-order chi connectivity index (χ1) is 7.10. The van der Waals surface area contributed by atoms with E-state index in [1.165, 1.54) is 0 Å². The third kappa shape index (κ3) is 10.9. The van der Waals surface area contributed by atoms with Crippen LogP contribution >= 0.6 is 0 Å². The van der Waals surface area contributed by atoms with Gasteiger partial charge in [0.2, 0.25) is 0 Å². The molecule has 0 saturated heterocycles. The van der Waals surface area contributed by atoms with Gasteiger partial charge < -0.3 is 9.47 Å². The zero-order valence-electron chi connectivity index (χ0n) is 7.82. The molecule has 0 bridgehead atoms. The maximum atomic E-state index is 11.5. The molecule has 0 aliphatic rings. The molecule has 0 N–H and O–H groups in total. The second-order valence-corrected chi connectivity index (χ2v) is 2.68. The zero-order chi connectivity index (χ0) is 12.8. The van der Waals surface area contributed by atoms with Gasteiger partial charge in [0.1, 0.15) is 13.2 Å². The van der Waals surface area contributed by atoms with Crippen LogP contribution in [0.3, 0.4) is 0 Å². The number of alkyl halides is 6. The van der Waals surface area contributed by atoms with Crippen LogP contribution in [-0.2, 0) is 9.47 Å². The topological polar surface area (TPSA) is 35.5 Å². The number of rotatable bonds is 4. The standard InChI is InChI=1S/C7H8F6O3/c8-6(9,10)1-3-15-5(14)16-4-2-7(11,12)13/h1-4H2. The van der Waals surface area contributed by atoms with Crippen LogP contribution in [-0.4, -0.2) is 31.7 Å². The lowest BCUT2D eigenvalue weighted by Crippen LogP contribution is -2.18. The largest absolute Gasteiger partial charge is 0.508 e. The molecule has 0 aromatic rings. The van der Waals surface area contributed by atoms with Gasteiger partial charge in [-0.25, -0.2) is 4.79 Å². The van der Waals surface area contributed by atoms with Crippen LogP contribution in [0.1, 0.15) is 12.8 Å². The summed E-state index contributed by atoms with van der Waals surface area (Å²) < 4.78 is 77.0. The van der Waals surface area contributed by atoms with Gasteiger partial charge in [-0.2, -0.15) is 26.3 Å². The minimum atomic E-state index is -4.49. The smallest absolute Gasteiger partial charge is 0.434 e. The summed E-state index contributed by atoms with van der Waals surface area (Å²) in [6.07, 6.45) is -13.3. The normalized spacial score (nSPS) is 12.4. The first kappa shape index (κ1) is 14.8. The van der Waals surface area contributed by atoms with Gasteiger partial charge in [-0.05, 0) is 0 Å². The molecule has 16 heavy (non-hydrogen) atoms. The lowest BCUT2D eigenvalue weighted by molar-refractivity contribution is -0.146. The van der Waals surface area contributed by atoms with E-state index in [4.69, 9.17) is 0 Å². The molecule has 0 aliphatic heterocycles. The lowest BCUT2D eigenvalue weighted by atomic mass is 10.4. The van der Waals surface area contributed by atoms with E-state index < -0.39 is 44.6 Å². The van der Waals surface area contributed by atoms with Crippen LogP contribution in [0.15, 0.2) is 0 Å². The number of ether oxygens (including phenoxy) is 2. The van der Waals surface area contributed by atoms with Crippen molar-refractivity contribution in [3.8, 4) is 0 Å². The molecule has 0 unspecified atom stereocenters. The lowest BCUT2D eigenvalue weighted by Gasteiger charge is -2.09. The SMILES string of the molecule is O=C(OCCC(F)(F)F)OCCC(F)(F)F. The highest BCUT2D eigenvalue weighted by Gasteiger charge is 2.29. The second-order valence-electron chi connectivity index (χ2n) is 2.68. The van der Waals surface area contributed by atoms with Crippen molar-refractivity contribution in [2.24, 2.45) is 0 Å². The van der Waals surface area contributed by atoms with Crippen molar-refractivity contribution in [2.75, 3.05) is 13.2 Å². The Kier molecular flexibility index (Phi) is 5.39. The Balaban J connectivity index is 3.53. The Morgan fingerprint density at radius 3 is 1.38 bits per heavy atom.